The molecule has 18 heavy (non-hydrogen) atoms. The molecule has 0 heterocycles. The van der Waals surface area contributed by atoms with Gasteiger partial charge in [-0.15, -0.1) is 0 Å². The quantitative estimate of drug-likeness (QED) is 0.727. The standard InChI is InChI=1S/C14H29NO2S/c1-3-13(2)12-18(16,17)11-10-15-14-8-6-4-5-7-9-14/h13-15H,3-12H2,1-2H3. The average molecular weight is 275 g/mol. The van der Waals surface area contributed by atoms with Gasteiger partial charge >= 0.3 is 0 Å². The smallest absolute Gasteiger partial charge is 0.151 e. The Kier molecular flexibility index (Phi) is 7.23. The van der Waals surface area contributed by atoms with E-state index in [2.05, 4.69) is 5.32 Å². The predicted octanol–water partition coefficient (Wildman–Crippen LogP) is 2.76. The van der Waals surface area contributed by atoms with Crippen LogP contribution in [0.4, 0.5) is 0 Å². The Morgan fingerprint density at radius 1 is 1.17 bits per heavy atom. The monoisotopic (exact) mass is 275 g/mol. The topological polar surface area (TPSA) is 46.2 Å². The Labute approximate surface area is 113 Å². The number of nitrogens with one attached hydrogen (secondary N) is 1. The van der Waals surface area contributed by atoms with Crippen LogP contribution in [0.5, 0.6) is 0 Å². The maximum Gasteiger partial charge on any atom is 0.151 e. The summed E-state index contributed by atoms with van der Waals surface area (Å²) in [5.74, 6) is 0.928. The molecule has 0 radical (unpaired) electrons. The SMILES string of the molecule is CCC(C)CS(=O)(=O)CCNC1CCCCCC1. The molecular formula is C14H29NO2S. The molecule has 1 N–H and O–H groups in total. The first-order valence-electron chi connectivity index (χ1n) is 7.47. The van der Waals surface area contributed by atoms with Gasteiger partial charge in [0.25, 0.3) is 0 Å². The van der Waals surface area contributed by atoms with Crippen molar-refractivity contribution in [2.45, 2.75) is 64.8 Å². The molecule has 0 aromatic heterocycles. The Morgan fingerprint density at radius 2 is 1.78 bits per heavy atom. The van der Waals surface area contributed by atoms with E-state index in [0.717, 1.165) is 6.42 Å². The number of hydrogen-bond acceptors (Lipinski definition) is 3. The molecule has 0 aliphatic heterocycles. The second kappa shape index (κ2) is 8.16. The minimum absolute atomic E-state index is 0.285. The normalized spacial score (nSPS) is 20.6. The van der Waals surface area contributed by atoms with E-state index in [1.165, 1.54) is 38.5 Å². The van der Waals surface area contributed by atoms with Crippen LogP contribution in [0.1, 0.15) is 58.8 Å². The van der Waals surface area contributed by atoms with Gasteiger partial charge in [0, 0.05) is 12.6 Å². The average Bonchev–Trinajstić information content (AvgIpc) is 2.56. The maximum atomic E-state index is 11.9. The van der Waals surface area contributed by atoms with Crippen LogP contribution in [0, 0.1) is 5.92 Å². The highest BCUT2D eigenvalue weighted by molar-refractivity contribution is 7.91. The van der Waals surface area contributed by atoms with Crippen LogP contribution in [0.2, 0.25) is 0 Å². The molecule has 0 bridgehead atoms. The molecule has 108 valence electrons. The highest BCUT2D eigenvalue weighted by atomic mass is 32.2. The fourth-order valence-corrected chi connectivity index (χ4v) is 4.23. The summed E-state index contributed by atoms with van der Waals surface area (Å²) < 4.78 is 23.7. The zero-order chi connectivity index (χ0) is 13.4. The molecule has 0 aromatic carbocycles. The molecular weight excluding hydrogens is 246 g/mol. The van der Waals surface area contributed by atoms with Crippen LogP contribution >= 0.6 is 0 Å². The molecule has 3 nitrogen and oxygen atoms in total. The Morgan fingerprint density at radius 3 is 2.33 bits per heavy atom. The molecule has 1 rings (SSSR count). The second-order valence-electron chi connectivity index (χ2n) is 5.77. The van der Waals surface area contributed by atoms with Gasteiger partial charge in [-0.05, 0) is 18.8 Å². The lowest BCUT2D eigenvalue weighted by atomic mass is 10.1. The van der Waals surface area contributed by atoms with E-state index in [9.17, 15) is 8.42 Å². The van der Waals surface area contributed by atoms with Crippen molar-refractivity contribution in [1.82, 2.24) is 5.32 Å². The lowest BCUT2D eigenvalue weighted by molar-refractivity contribution is 0.470. The summed E-state index contributed by atoms with van der Waals surface area (Å²) in [6.07, 6.45) is 8.62. The van der Waals surface area contributed by atoms with Gasteiger partial charge in [0.2, 0.25) is 0 Å². The van der Waals surface area contributed by atoms with Crippen LogP contribution < -0.4 is 5.32 Å². The molecule has 0 amide bonds. The molecule has 1 unspecified atom stereocenters. The van der Waals surface area contributed by atoms with Gasteiger partial charge in [0.1, 0.15) is 0 Å². The van der Waals surface area contributed by atoms with Gasteiger partial charge in [0.15, 0.2) is 9.84 Å². The minimum Gasteiger partial charge on any atom is -0.313 e. The van der Waals surface area contributed by atoms with Crippen LogP contribution in [-0.2, 0) is 9.84 Å². The molecule has 1 fully saturated rings. The summed E-state index contributed by atoms with van der Waals surface area (Å²) in [5.41, 5.74) is 0. The first kappa shape index (κ1) is 16.0. The molecule has 0 spiro atoms. The fourth-order valence-electron chi connectivity index (χ4n) is 2.54. The zero-order valence-corrected chi connectivity index (χ0v) is 12.8. The third-order valence-electron chi connectivity index (χ3n) is 3.94. The van der Waals surface area contributed by atoms with Crippen LogP contribution in [0.3, 0.4) is 0 Å². The highest BCUT2D eigenvalue weighted by Crippen LogP contribution is 2.17. The van der Waals surface area contributed by atoms with Crippen molar-refractivity contribution in [3.8, 4) is 0 Å². The van der Waals surface area contributed by atoms with Crippen molar-refractivity contribution in [3.63, 3.8) is 0 Å². The van der Waals surface area contributed by atoms with Crippen LogP contribution in [0.25, 0.3) is 0 Å². The van der Waals surface area contributed by atoms with Crippen molar-refractivity contribution in [3.05, 3.63) is 0 Å². The van der Waals surface area contributed by atoms with Crippen LogP contribution in [-0.4, -0.2) is 32.5 Å². The van der Waals surface area contributed by atoms with Crippen molar-refractivity contribution < 1.29 is 8.42 Å². The van der Waals surface area contributed by atoms with E-state index in [4.69, 9.17) is 0 Å². The third kappa shape index (κ3) is 6.74. The fraction of sp³-hybridized carbons (Fsp3) is 1.00. The summed E-state index contributed by atoms with van der Waals surface area (Å²) in [4.78, 5) is 0. The molecule has 0 aromatic rings. The van der Waals surface area contributed by atoms with E-state index in [0.29, 0.717) is 24.1 Å². The van der Waals surface area contributed by atoms with E-state index in [-0.39, 0.29) is 5.92 Å². The summed E-state index contributed by atoms with van der Waals surface area (Å²) in [6.45, 7) is 4.68. The molecule has 1 aliphatic carbocycles. The Bertz CT molecular complexity index is 306. The van der Waals surface area contributed by atoms with E-state index < -0.39 is 9.84 Å². The van der Waals surface area contributed by atoms with E-state index in [1.807, 2.05) is 13.8 Å². The van der Waals surface area contributed by atoms with Gasteiger partial charge in [-0.3, -0.25) is 0 Å². The van der Waals surface area contributed by atoms with Crippen molar-refractivity contribution in [2.75, 3.05) is 18.1 Å². The summed E-state index contributed by atoms with van der Waals surface area (Å²) in [5, 5.41) is 3.43. The second-order valence-corrected chi connectivity index (χ2v) is 8.00. The van der Waals surface area contributed by atoms with Gasteiger partial charge in [-0.2, -0.15) is 0 Å². The lowest BCUT2D eigenvalue weighted by Crippen LogP contribution is -2.33. The largest absolute Gasteiger partial charge is 0.313 e. The first-order chi connectivity index (χ1) is 8.53. The van der Waals surface area contributed by atoms with Gasteiger partial charge < -0.3 is 5.32 Å². The van der Waals surface area contributed by atoms with Gasteiger partial charge in [-0.1, -0.05) is 46.0 Å². The van der Waals surface area contributed by atoms with Gasteiger partial charge in [-0.25, -0.2) is 8.42 Å². The first-order valence-corrected chi connectivity index (χ1v) is 9.29. The number of sulfone groups is 1. The van der Waals surface area contributed by atoms with E-state index in [1.54, 1.807) is 0 Å². The lowest BCUT2D eigenvalue weighted by Gasteiger charge is -2.16. The summed E-state index contributed by atoms with van der Waals surface area (Å²) in [6, 6.07) is 0.547. The zero-order valence-electron chi connectivity index (χ0n) is 12.0. The van der Waals surface area contributed by atoms with Crippen molar-refractivity contribution in [2.24, 2.45) is 5.92 Å². The highest BCUT2D eigenvalue weighted by Gasteiger charge is 2.16. The molecule has 1 saturated carbocycles. The Hall–Kier alpha value is -0.0900. The molecule has 1 aliphatic rings. The third-order valence-corrected chi connectivity index (χ3v) is 5.84. The summed E-state index contributed by atoms with van der Waals surface area (Å²) >= 11 is 0. The number of hydrogen-bond donors (Lipinski definition) is 1. The minimum atomic E-state index is -2.87. The van der Waals surface area contributed by atoms with Crippen molar-refractivity contribution in [1.29, 1.82) is 0 Å². The molecule has 0 saturated heterocycles. The maximum absolute atomic E-state index is 11.9. The Balaban J connectivity index is 2.23. The van der Waals surface area contributed by atoms with Crippen LogP contribution in [0.15, 0.2) is 0 Å². The number of rotatable bonds is 7. The predicted molar refractivity (Wildman–Crippen MR) is 77.6 cm³/mol. The van der Waals surface area contributed by atoms with E-state index >= 15 is 0 Å². The summed E-state index contributed by atoms with van der Waals surface area (Å²) in [7, 11) is -2.87. The van der Waals surface area contributed by atoms with Crippen molar-refractivity contribution >= 4 is 9.84 Å². The molecule has 4 heteroatoms. The molecule has 1 atom stereocenters. The van der Waals surface area contributed by atoms with Gasteiger partial charge in [0.05, 0.1) is 11.5 Å².